The van der Waals surface area contributed by atoms with Crippen LogP contribution in [0.5, 0.6) is 17.2 Å². The van der Waals surface area contributed by atoms with Gasteiger partial charge < -0.3 is 18.9 Å². The summed E-state index contributed by atoms with van der Waals surface area (Å²) in [4.78, 5) is 6.68. The molecule has 2 heterocycles. The van der Waals surface area contributed by atoms with Gasteiger partial charge in [0.15, 0.2) is 0 Å². The van der Waals surface area contributed by atoms with Crippen LogP contribution in [0.2, 0.25) is 0 Å². The Hall–Kier alpha value is -3.18. The highest BCUT2D eigenvalue weighted by Crippen LogP contribution is 2.32. The molecule has 4 rings (SSSR count). The summed E-state index contributed by atoms with van der Waals surface area (Å²) in [6, 6.07) is 17.7. The molecule has 0 saturated carbocycles. The molecule has 0 amide bonds. The third-order valence-electron chi connectivity index (χ3n) is 6.09. The Morgan fingerprint density at radius 3 is 2.51 bits per heavy atom. The SMILES string of the molecule is COc1ccc(OC)c(S(=O)(=O)N(Cc2cccc(OCCN3CCOCC3)c2)Cc2ccccn2)c1. The van der Waals surface area contributed by atoms with Crippen molar-refractivity contribution in [1.82, 2.24) is 14.2 Å². The van der Waals surface area contributed by atoms with E-state index in [9.17, 15) is 8.42 Å². The molecule has 0 unspecified atom stereocenters. The fourth-order valence-corrected chi connectivity index (χ4v) is 5.65. The first kappa shape index (κ1) is 26.9. The summed E-state index contributed by atoms with van der Waals surface area (Å²) in [5, 5.41) is 0. The van der Waals surface area contributed by atoms with Crippen LogP contribution in [0.4, 0.5) is 0 Å². The second kappa shape index (κ2) is 12.9. The molecule has 9 nitrogen and oxygen atoms in total. The topological polar surface area (TPSA) is 90.4 Å². The van der Waals surface area contributed by atoms with Crippen molar-refractivity contribution >= 4 is 10.0 Å². The Balaban J connectivity index is 1.56. The molecule has 0 spiro atoms. The van der Waals surface area contributed by atoms with Crippen LogP contribution in [-0.4, -0.2) is 76.3 Å². The Morgan fingerprint density at radius 1 is 0.946 bits per heavy atom. The first-order valence-electron chi connectivity index (χ1n) is 12.1. The first-order valence-corrected chi connectivity index (χ1v) is 13.6. The minimum absolute atomic E-state index is 0.0307. The standard InChI is InChI=1S/C27H33N3O6S/c1-33-24-9-10-26(34-2)27(19-24)37(31,32)30(21-23-7-3-4-11-28-23)20-22-6-5-8-25(18-22)36-17-14-29-12-15-35-16-13-29/h3-11,18-19H,12-17,20-21H2,1-2H3. The van der Waals surface area contributed by atoms with Crippen molar-refractivity contribution in [3.05, 3.63) is 78.1 Å². The van der Waals surface area contributed by atoms with E-state index in [-0.39, 0.29) is 23.7 Å². The van der Waals surface area contributed by atoms with Crippen molar-refractivity contribution in [1.29, 1.82) is 0 Å². The Kier molecular flexibility index (Phi) is 9.34. The van der Waals surface area contributed by atoms with Crippen LogP contribution in [0.15, 0.2) is 71.8 Å². The molecule has 1 fully saturated rings. The number of aromatic nitrogens is 1. The molecule has 0 bridgehead atoms. The lowest BCUT2D eigenvalue weighted by atomic mass is 10.2. The first-order chi connectivity index (χ1) is 18.0. The minimum atomic E-state index is -3.99. The van der Waals surface area contributed by atoms with Gasteiger partial charge in [0.2, 0.25) is 10.0 Å². The molecule has 0 aliphatic carbocycles. The summed E-state index contributed by atoms with van der Waals surface area (Å²) >= 11 is 0. The lowest BCUT2D eigenvalue weighted by Gasteiger charge is -2.26. The van der Waals surface area contributed by atoms with E-state index in [1.54, 1.807) is 30.5 Å². The third-order valence-corrected chi connectivity index (χ3v) is 7.90. The summed E-state index contributed by atoms with van der Waals surface area (Å²) < 4.78 is 51.3. The number of methoxy groups -OCH3 is 2. The van der Waals surface area contributed by atoms with E-state index in [0.29, 0.717) is 23.8 Å². The van der Waals surface area contributed by atoms with Gasteiger partial charge in [0, 0.05) is 38.4 Å². The molecule has 1 aliphatic heterocycles. The molecule has 198 valence electrons. The predicted octanol–water partition coefficient (Wildman–Crippen LogP) is 3.20. The Morgan fingerprint density at radius 2 is 1.78 bits per heavy atom. The highest BCUT2D eigenvalue weighted by Gasteiger charge is 2.29. The quantitative estimate of drug-likeness (QED) is 0.355. The van der Waals surface area contributed by atoms with E-state index in [2.05, 4.69) is 9.88 Å². The molecule has 2 aromatic carbocycles. The number of pyridine rings is 1. The third kappa shape index (κ3) is 7.20. The van der Waals surface area contributed by atoms with Crippen LogP contribution in [0.1, 0.15) is 11.3 Å². The zero-order chi connectivity index (χ0) is 26.1. The molecule has 0 radical (unpaired) electrons. The largest absolute Gasteiger partial charge is 0.497 e. The van der Waals surface area contributed by atoms with Gasteiger partial charge in [0.05, 0.1) is 39.7 Å². The number of rotatable bonds is 12. The molecule has 0 N–H and O–H groups in total. The monoisotopic (exact) mass is 527 g/mol. The number of hydrogen-bond acceptors (Lipinski definition) is 8. The normalized spacial score (nSPS) is 14.5. The van der Waals surface area contributed by atoms with Crippen molar-refractivity contribution in [2.24, 2.45) is 0 Å². The fourth-order valence-electron chi connectivity index (χ4n) is 4.08. The van der Waals surface area contributed by atoms with E-state index < -0.39 is 10.0 Å². The molecular formula is C27H33N3O6S. The van der Waals surface area contributed by atoms with Gasteiger partial charge >= 0.3 is 0 Å². The Bertz CT molecular complexity index is 1250. The van der Waals surface area contributed by atoms with Gasteiger partial charge in [-0.15, -0.1) is 0 Å². The number of ether oxygens (including phenoxy) is 4. The van der Waals surface area contributed by atoms with E-state index in [0.717, 1.165) is 38.4 Å². The summed E-state index contributed by atoms with van der Waals surface area (Å²) in [6.07, 6.45) is 1.65. The zero-order valence-electron chi connectivity index (χ0n) is 21.2. The highest BCUT2D eigenvalue weighted by atomic mass is 32.2. The van der Waals surface area contributed by atoms with Gasteiger partial charge in [-0.05, 0) is 42.0 Å². The lowest BCUT2D eigenvalue weighted by Crippen LogP contribution is -2.38. The van der Waals surface area contributed by atoms with E-state index in [4.69, 9.17) is 18.9 Å². The summed E-state index contributed by atoms with van der Waals surface area (Å²) in [5.74, 6) is 1.36. The summed E-state index contributed by atoms with van der Waals surface area (Å²) in [6.45, 7) is 4.85. The van der Waals surface area contributed by atoms with Crippen LogP contribution in [0.25, 0.3) is 0 Å². The molecular weight excluding hydrogens is 494 g/mol. The van der Waals surface area contributed by atoms with Gasteiger partial charge in [-0.2, -0.15) is 4.31 Å². The number of hydrogen-bond donors (Lipinski definition) is 0. The van der Waals surface area contributed by atoms with Crippen LogP contribution < -0.4 is 14.2 Å². The highest BCUT2D eigenvalue weighted by molar-refractivity contribution is 7.89. The van der Waals surface area contributed by atoms with Crippen LogP contribution in [0, 0.1) is 0 Å². The smallest absolute Gasteiger partial charge is 0.247 e. The van der Waals surface area contributed by atoms with Crippen molar-refractivity contribution < 1.29 is 27.4 Å². The summed E-state index contributed by atoms with van der Waals surface area (Å²) in [7, 11) is -1.05. The number of sulfonamides is 1. The van der Waals surface area contributed by atoms with Crippen LogP contribution in [-0.2, 0) is 27.8 Å². The van der Waals surface area contributed by atoms with Crippen molar-refractivity contribution in [2.75, 3.05) is 53.7 Å². The molecule has 3 aromatic rings. The maximum atomic E-state index is 13.9. The van der Waals surface area contributed by atoms with Crippen molar-refractivity contribution in [2.45, 2.75) is 18.0 Å². The molecule has 10 heteroatoms. The van der Waals surface area contributed by atoms with E-state index >= 15 is 0 Å². The lowest BCUT2D eigenvalue weighted by molar-refractivity contribution is 0.0322. The molecule has 0 atom stereocenters. The fraction of sp³-hybridized carbons (Fsp3) is 0.370. The van der Waals surface area contributed by atoms with Gasteiger partial charge in [0.1, 0.15) is 28.8 Å². The zero-order valence-corrected chi connectivity index (χ0v) is 22.0. The average molecular weight is 528 g/mol. The van der Waals surface area contributed by atoms with E-state index in [1.165, 1.54) is 24.6 Å². The number of benzene rings is 2. The second-order valence-corrected chi connectivity index (χ2v) is 10.5. The van der Waals surface area contributed by atoms with Crippen molar-refractivity contribution in [3.8, 4) is 17.2 Å². The maximum absolute atomic E-state index is 13.9. The molecule has 37 heavy (non-hydrogen) atoms. The van der Waals surface area contributed by atoms with Gasteiger partial charge in [-0.1, -0.05) is 18.2 Å². The molecule has 1 aromatic heterocycles. The summed E-state index contributed by atoms with van der Waals surface area (Å²) in [5.41, 5.74) is 1.43. The number of morpholine rings is 1. The Labute approximate surface area is 218 Å². The molecule has 1 aliphatic rings. The average Bonchev–Trinajstić information content (AvgIpc) is 2.93. The van der Waals surface area contributed by atoms with Gasteiger partial charge in [-0.3, -0.25) is 9.88 Å². The van der Waals surface area contributed by atoms with Crippen LogP contribution >= 0.6 is 0 Å². The van der Waals surface area contributed by atoms with Gasteiger partial charge in [-0.25, -0.2) is 8.42 Å². The van der Waals surface area contributed by atoms with Gasteiger partial charge in [0.25, 0.3) is 0 Å². The minimum Gasteiger partial charge on any atom is -0.497 e. The maximum Gasteiger partial charge on any atom is 0.247 e. The molecule has 1 saturated heterocycles. The van der Waals surface area contributed by atoms with Crippen molar-refractivity contribution in [3.63, 3.8) is 0 Å². The number of nitrogens with zero attached hydrogens (tertiary/aromatic N) is 3. The second-order valence-electron chi connectivity index (χ2n) is 8.56. The van der Waals surface area contributed by atoms with Crippen LogP contribution in [0.3, 0.4) is 0 Å². The van der Waals surface area contributed by atoms with E-state index in [1.807, 2.05) is 30.3 Å². The predicted molar refractivity (Wildman–Crippen MR) is 139 cm³/mol.